The standard InChI is InChI=1S/C19H22N4O3S.C3H7NO/c1-20-19-22-15-10-14(13-4-3-7-21-16(13)24-2)17(23-18(15)27-19)26-11-12-5-8-25-9-6-12;1-2-4-3-5/h3-4,7,10,12H,5-6,8-9,11H2,1-2H3,(H,20,22);3H,2H2,1H3,(H,4,5). The van der Waals surface area contributed by atoms with E-state index in [9.17, 15) is 4.79 Å². The normalized spacial score (nSPS) is 13.7. The third-order valence-electron chi connectivity index (χ3n) is 4.90. The third kappa shape index (κ3) is 6.04. The highest BCUT2D eigenvalue weighted by molar-refractivity contribution is 7.21. The van der Waals surface area contributed by atoms with E-state index < -0.39 is 0 Å². The number of amides is 1. The molecule has 4 rings (SSSR count). The predicted octanol–water partition coefficient (Wildman–Crippen LogP) is 3.36. The Kier molecular flexibility index (Phi) is 9.00. The molecule has 1 amide bonds. The molecule has 1 aliphatic rings. The number of nitrogens with one attached hydrogen (secondary N) is 2. The van der Waals surface area contributed by atoms with Gasteiger partial charge in [-0.1, -0.05) is 11.3 Å². The number of fused-ring (bicyclic) bond motifs is 1. The molecule has 10 heteroatoms. The van der Waals surface area contributed by atoms with Gasteiger partial charge in [0.1, 0.15) is 10.3 Å². The van der Waals surface area contributed by atoms with Gasteiger partial charge in [-0.3, -0.25) is 4.79 Å². The largest absolute Gasteiger partial charge is 0.481 e. The van der Waals surface area contributed by atoms with E-state index in [0.717, 1.165) is 59.2 Å². The third-order valence-corrected chi connectivity index (χ3v) is 5.88. The van der Waals surface area contributed by atoms with Crippen LogP contribution in [-0.2, 0) is 9.53 Å². The highest BCUT2D eigenvalue weighted by Crippen LogP contribution is 2.38. The van der Waals surface area contributed by atoms with Crippen molar-refractivity contribution in [2.75, 3.05) is 45.8 Å². The molecule has 1 saturated heterocycles. The van der Waals surface area contributed by atoms with Crippen LogP contribution in [0, 0.1) is 5.92 Å². The molecule has 3 aromatic heterocycles. The van der Waals surface area contributed by atoms with Gasteiger partial charge in [0.05, 0.1) is 19.3 Å². The lowest BCUT2D eigenvalue weighted by atomic mass is 10.0. The van der Waals surface area contributed by atoms with Crippen molar-refractivity contribution in [3.05, 3.63) is 24.4 Å². The summed E-state index contributed by atoms with van der Waals surface area (Å²) in [5.41, 5.74) is 2.51. The molecule has 2 N–H and O–H groups in total. The lowest BCUT2D eigenvalue weighted by Gasteiger charge is -2.22. The Bertz CT molecular complexity index is 1010. The van der Waals surface area contributed by atoms with Crippen molar-refractivity contribution in [3.63, 3.8) is 0 Å². The first kappa shape index (κ1) is 23.7. The number of methoxy groups -OCH3 is 1. The molecule has 32 heavy (non-hydrogen) atoms. The van der Waals surface area contributed by atoms with E-state index in [2.05, 4.69) is 20.6 Å². The Labute approximate surface area is 191 Å². The van der Waals surface area contributed by atoms with Gasteiger partial charge in [-0.2, -0.15) is 0 Å². The minimum Gasteiger partial charge on any atom is -0.481 e. The molecule has 172 valence electrons. The molecule has 0 spiro atoms. The van der Waals surface area contributed by atoms with E-state index in [1.807, 2.05) is 32.2 Å². The Morgan fingerprint density at radius 3 is 2.72 bits per heavy atom. The van der Waals surface area contributed by atoms with Crippen LogP contribution in [0.3, 0.4) is 0 Å². The van der Waals surface area contributed by atoms with Crippen LogP contribution >= 0.6 is 11.3 Å². The van der Waals surface area contributed by atoms with Gasteiger partial charge in [-0.15, -0.1) is 0 Å². The fourth-order valence-electron chi connectivity index (χ4n) is 3.21. The van der Waals surface area contributed by atoms with E-state index in [0.29, 0.717) is 30.7 Å². The molecule has 0 bridgehead atoms. The molecule has 0 saturated carbocycles. The Balaban J connectivity index is 0.000000523. The quantitative estimate of drug-likeness (QED) is 0.494. The number of rotatable bonds is 8. The van der Waals surface area contributed by atoms with Crippen LogP contribution in [0.1, 0.15) is 19.8 Å². The minimum absolute atomic E-state index is 0.481. The predicted molar refractivity (Wildman–Crippen MR) is 126 cm³/mol. The van der Waals surface area contributed by atoms with E-state index >= 15 is 0 Å². The van der Waals surface area contributed by atoms with Crippen molar-refractivity contribution in [1.29, 1.82) is 0 Å². The second-order valence-corrected chi connectivity index (χ2v) is 8.01. The number of thiazole rings is 1. The fraction of sp³-hybridized carbons (Fsp3) is 0.455. The second-order valence-electron chi connectivity index (χ2n) is 7.04. The molecular weight excluding hydrogens is 430 g/mol. The summed E-state index contributed by atoms with van der Waals surface area (Å²) in [5, 5.41) is 6.33. The van der Waals surface area contributed by atoms with Crippen LogP contribution in [0.5, 0.6) is 11.8 Å². The first-order valence-electron chi connectivity index (χ1n) is 10.6. The van der Waals surface area contributed by atoms with Crippen molar-refractivity contribution >= 4 is 33.2 Å². The smallest absolute Gasteiger partial charge is 0.223 e. The summed E-state index contributed by atoms with van der Waals surface area (Å²) in [6.45, 7) is 4.81. The lowest BCUT2D eigenvalue weighted by Crippen LogP contribution is -2.21. The second kappa shape index (κ2) is 12.2. The maximum absolute atomic E-state index is 9.29. The number of ether oxygens (including phenoxy) is 3. The fourth-order valence-corrected chi connectivity index (χ4v) is 3.98. The number of pyridine rings is 2. The first-order chi connectivity index (χ1) is 15.7. The first-order valence-corrected chi connectivity index (χ1v) is 11.4. The Morgan fingerprint density at radius 2 is 2.06 bits per heavy atom. The molecule has 0 aromatic carbocycles. The molecule has 0 radical (unpaired) electrons. The van der Waals surface area contributed by atoms with Crippen molar-refractivity contribution in [3.8, 4) is 22.9 Å². The molecule has 1 aliphatic heterocycles. The van der Waals surface area contributed by atoms with Crippen LogP contribution in [0.25, 0.3) is 21.5 Å². The zero-order chi connectivity index (χ0) is 22.8. The summed E-state index contributed by atoms with van der Waals surface area (Å²) >= 11 is 1.51. The number of hydrogen-bond donors (Lipinski definition) is 2. The summed E-state index contributed by atoms with van der Waals surface area (Å²) in [4.78, 5) is 23.8. The number of carbonyl (C=O) groups excluding carboxylic acids is 1. The number of anilines is 1. The Morgan fingerprint density at radius 1 is 1.25 bits per heavy atom. The van der Waals surface area contributed by atoms with Gasteiger partial charge in [0.2, 0.25) is 18.2 Å². The zero-order valence-corrected chi connectivity index (χ0v) is 19.4. The van der Waals surface area contributed by atoms with Crippen LogP contribution in [0.2, 0.25) is 0 Å². The maximum Gasteiger partial charge on any atom is 0.223 e. The average Bonchev–Trinajstić information content (AvgIpc) is 3.26. The lowest BCUT2D eigenvalue weighted by molar-refractivity contribution is -0.109. The van der Waals surface area contributed by atoms with Gasteiger partial charge in [0.25, 0.3) is 0 Å². The molecular formula is C22H29N5O4S. The molecule has 9 nitrogen and oxygen atoms in total. The summed E-state index contributed by atoms with van der Waals surface area (Å²) in [7, 11) is 3.47. The van der Waals surface area contributed by atoms with Crippen LogP contribution in [0.15, 0.2) is 24.4 Å². The monoisotopic (exact) mass is 459 g/mol. The van der Waals surface area contributed by atoms with E-state index in [4.69, 9.17) is 19.2 Å². The number of nitrogens with zero attached hydrogens (tertiary/aromatic N) is 3. The summed E-state index contributed by atoms with van der Waals surface area (Å²) < 4.78 is 17.1. The van der Waals surface area contributed by atoms with Gasteiger partial charge in [0.15, 0.2) is 5.13 Å². The van der Waals surface area contributed by atoms with Crippen LogP contribution in [-0.4, -0.2) is 61.9 Å². The average molecular weight is 460 g/mol. The molecule has 0 unspecified atom stereocenters. The molecule has 4 heterocycles. The van der Waals surface area contributed by atoms with E-state index in [-0.39, 0.29) is 0 Å². The van der Waals surface area contributed by atoms with Gasteiger partial charge in [0, 0.05) is 38.6 Å². The van der Waals surface area contributed by atoms with Crippen molar-refractivity contribution in [2.45, 2.75) is 19.8 Å². The van der Waals surface area contributed by atoms with Gasteiger partial charge in [-0.05, 0) is 43.9 Å². The van der Waals surface area contributed by atoms with Crippen molar-refractivity contribution in [1.82, 2.24) is 20.3 Å². The van der Waals surface area contributed by atoms with Crippen LogP contribution in [0.4, 0.5) is 5.13 Å². The van der Waals surface area contributed by atoms with E-state index in [1.54, 1.807) is 13.3 Å². The molecule has 0 atom stereocenters. The van der Waals surface area contributed by atoms with Crippen molar-refractivity contribution in [2.24, 2.45) is 5.92 Å². The summed E-state index contributed by atoms with van der Waals surface area (Å²) in [6.07, 6.45) is 4.41. The van der Waals surface area contributed by atoms with E-state index in [1.165, 1.54) is 11.3 Å². The molecule has 3 aromatic rings. The SMILES string of the molecule is CCNC=O.CNc1nc2cc(-c3cccnc3OC)c(OCC3CCOCC3)nc2s1. The highest BCUT2D eigenvalue weighted by atomic mass is 32.1. The van der Waals surface area contributed by atoms with Gasteiger partial charge >= 0.3 is 0 Å². The topological polar surface area (TPSA) is 107 Å². The molecule has 1 fully saturated rings. The van der Waals surface area contributed by atoms with Crippen molar-refractivity contribution < 1.29 is 19.0 Å². The van der Waals surface area contributed by atoms with Gasteiger partial charge < -0.3 is 24.8 Å². The van der Waals surface area contributed by atoms with Crippen LogP contribution < -0.4 is 20.1 Å². The summed E-state index contributed by atoms with van der Waals surface area (Å²) in [5.74, 6) is 1.61. The zero-order valence-electron chi connectivity index (χ0n) is 18.6. The Hall–Kier alpha value is -2.98. The number of aromatic nitrogens is 3. The number of carbonyl (C=O) groups is 1. The number of hydrogen-bond acceptors (Lipinski definition) is 9. The molecule has 0 aliphatic carbocycles. The maximum atomic E-state index is 9.29. The van der Waals surface area contributed by atoms with Gasteiger partial charge in [-0.25, -0.2) is 15.0 Å². The minimum atomic E-state index is 0.481. The highest BCUT2D eigenvalue weighted by Gasteiger charge is 2.20. The summed E-state index contributed by atoms with van der Waals surface area (Å²) in [6, 6.07) is 5.84.